The summed E-state index contributed by atoms with van der Waals surface area (Å²) in [5.41, 5.74) is 1.22. The van der Waals surface area contributed by atoms with Crippen LogP contribution in [-0.4, -0.2) is 55.3 Å². The van der Waals surface area contributed by atoms with E-state index in [0.29, 0.717) is 18.7 Å². The highest BCUT2D eigenvalue weighted by Crippen LogP contribution is 2.12. The van der Waals surface area contributed by atoms with E-state index in [0.717, 1.165) is 18.7 Å². The van der Waals surface area contributed by atoms with E-state index in [1.165, 1.54) is 0 Å². The second kappa shape index (κ2) is 6.89. The van der Waals surface area contributed by atoms with Crippen LogP contribution in [0.1, 0.15) is 30.3 Å². The molecule has 2 heterocycles. The van der Waals surface area contributed by atoms with Crippen molar-refractivity contribution in [1.82, 2.24) is 9.88 Å². The van der Waals surface area contributed by atoms with E-state index < -0.39 is 9.84 Å². The molecule has 1 aromatic heterocycles. The summed E-state index contributed by atoms with van der Waals surface area (Å²) in [5, 5.41) is 3.21. The third-order valence-electron chi connectivity index (χ3n) is 3.40. The molecule has 0 radical (unpaired) electrons. The maximum absolute atomic E-state index is 12.4. The molecule has 0 atom stereocenters. The molecule has 0 spiro atoms. The molecule has 1 saturated heterocycles. The highest BCUT2D eigenvalue weighted by molar-refractivity contribution is 7.91. The fourth-order valence-corrected chi connectivity index (χ4v) is 3.50. The molecular formula is C14H21N3O3S. The number of hydrogen-bond acceptors (Lipinski definition) is 5. The molecule has 0 aliphatic carbocycles. The quantitative estimate of drug-likeness (QED) is 0.903. The fraction of sp³-hybridized carbons (Fsp3) is 0.571. The summed E-state index contributed by atoms with van der Waals surface area (Å²) in [6.07, 6.45) is 3.08. The van der Waals surface area contributed by atoms with E-state index in [1.54, 1.807) is 17.2 Å². The number of hydrogen-bond donors (Lipinski definition) is 1. The lowest BCUT2D eigenvalue weighted by Crippen LogP contribution is -2.34. The van der Waals surface area contributed by atoms with E-state index in [4.69, 9.17) is 0 Å². The summed E-state index contributed by atoms with van der Waals surface area (Å²) in [7, 11) is -3.01. The maximum atomic E-state index is 12.4. The molecule has 0 bridgehead atoms. The van der Waals surface area contributed by atoms with E-state index in [9.17, 15) is 13.2 Å². The number of pyridine rings is 1. The average Bonchev–Trinajstić information content (AvgIpc) is 2.65. The van der Waals surface area contributed by atoms with Crippen LogP contribution < -0.4 is 5.32 Å². The van der Waals surface area contributed by atoms with Crippen LogP contribution in [-0.2, 0) is 9.84 Å². The standard InChI is InChI=1S/C14H21N3O3S/c1-2-5-15-12-4-6-16-13(11-12)14(18)17-7-3-9-21(19,20)10-8-17/h4,6,11H,2-3,5,7-10H2,1H3,(H,15,16). The Morgan fingerprint density at radius 2 is 2.19 bits per heavy atom. The van der Waals surface area contributed by atoms with Gasteiger partial charge in [-0.05, 0) is 25.0 Å². The first-order chi connectivity index (χ1) is 10.0. The van der Waals surface area contributed by atoms with Gasteiger partial charge in [-0.1, -0.05) is 6.92 Å². The van der Waals surface area contributed by atoms with Gasteiger partial charge in [0, 0.05) is 31.5 Å². The van der Waals surface area contributed by atoms with Gasteiger partial charge in [-0.25, -0.2) is 8.42 Å². The van der Waals surface area contributed by atoms with Crippen molar-refractivity contribution in [2.24, 2.45) is 0 Å². The SMILES string of the molecule is CCCNc1ccnc(C(=O)N2CCCS(=O)(=O)CC2)c1. The molecule has 7 heteroatoms. The number of amides is 1. The third kappa shape index (κ3) is 4.42. The van der Waals surface area contributed by atoms with E-state index >= 15 is 0 Å². The lowest BCUT2D eigenvalue weighted by Gasteiger charge is -2.19. The topological polar surface area (TPSA) is 79.4 Å². The lowest BCUT2D eigenvalue weighted by atomic mass is 10.2. The zero-order valence-electron chi connectivity index (χ0n) is 12.2. The predicted molar refractivity (Wildman–Crippen MR) is 82.2 cm³/mol. The number of nitrogens with zero attached hydrogens (tertiary/aromatic N) is 2. The molecule has 1 N–H and O–H groups in total. The van der Waals surface area contributed by atoms with Crippen LogP contribution in [0.25, 0.3) is 0 Å². The van der Waals surface area contributed by atoms with E-state index in [2.05, 4.69) is 17.2 Å². The van der Waals surface area contributed by atoms with Crippen LogP contribution >= 0.6 is 0 Å². The molecule has 0 unspecified atom stereocenters. The number of sulfone groups is 1. The first-order valence-electron chi connectivity index (χ1n) is 7.21. The monoisotopic (exact) mass is 311 g/mol. The first kappa shape index (κ1) is 15.8. The predicted octanol–water partition coefficient (Wildman–Crippen LogP) is 1.16. The van der Waals surface area contributed by atoms with Crippen molar-refractivity contribution in [3.63, 3.8) is 0 Å². The molecule has 2 rings (SSSR count). The molecule has 1 aliphatic heterocycles. The Hall–Kier alpha value is -1.63. The zero-order valence-corrected chi connectivity index (χ0v) is 13.0. The Morgan fingerprint density at radius 3 is 2.95 bits per heavy atom. The Bertz CT molecular complexity index is 601. The first-order valence-corrected chi connectivity index (χ1v) is 9.03. The summed E-state index contributed by atoms with van der Waals surface area (Å²) in [5.74, 6) is -0.0123. The van der Waals surface area contributed by atoms with Crippen LogP contribution in [0.15, 0.2) is 18.3 Å². The van der Waals surface area contributed by atoms with Crippen LogP contribution in [0.3, 0.4) is 0 Å². The summed E-state index contributed by atoms with van der Waals surface area (Å²) in [6, 6.07) is 3.54. The van der Waals surface area contributed by atoms with Gasteiger partial charge in [0.25, 0.3) is 5.91 Å². The van der Waals surface area contributed by atoms with Crippen molar-refractivity contribution < 1.29 is 13.2 Å². The lowest BCUT2D eigenvalue weighted by molar-refractivity contribution is 0.0762. The van der Waals surface area contributed by atoms with Crippen molar-refractivity contribution in [3.8, 4) is 0 Å². The van der Waals surface area contributed by atoms with Gasteiger partial charge in [-0.15, -0.1) is 0 Å². The normalized spacial score (nSPS) is 18.0. The molecule has 1 aliphatic rings. The Balaban J connectivity index is 2.08. The number of carbonyl (C=O) groups excluding carboxylic acids is 1. The minimum atomic E-state index is -3.01. The zero-order chi connectivity index (χ0) is 15.3. The molecule has 1 amide bonds. The van der Waals surface area contributed by atoms with Crippen LogP contribution in [0.4, 0.5) is 5.69 Å². The smallest absolute Gasteiger partial charge is 0.272 e. The van der Waals surface area contributed by atoms with Crippen molar-refractivity contribution >= 4 is 21.4 Å². The largest absolute Gasteiger partial charge is 0.385 e. The van der Waals surface area contributed by atoms with Gasteiger partial charge in [0.1, 0.15) is 5.69 Å². The van der Waals surface area contributed by atoms with Gasteiger partial charge in [-0.3, -0.25) is 9.78 Å². The van der Waals surface area contributed by atoms with Crippen LogP contribution in [0.2, 0.25) is 0 Å². The highest BCUT2D eigenvalue weighted by Gasteiger charge is 2.24. The molecular weight excluding hydrogens is 290 g/mol. The molecule has 1 aromatic rings. The second-order valence-electron chi connectivity index (χ2n) is 5.15. The van der Waals surface area contributed by atoms with E-state index in [-0.39, 0.29) is 24.0 Å². The van der Waals surface area contributed by atoms with E-state index in [1.807, 2.05) is 6.07 Å². The highest BCUT2D eigenvalue weighted by atomic mass is 32.2. The van der Waals surface area contributed by atoms with Crippen molar-refractivity contribution in [2.75, 3.05) is 36.5 Å². The Labute approximate surface area is 125 Å². The number of carbonyl (C=O) groups is 1. The van der Waals surface area contributed by atoms with Gasteiger partial charge in [0.15, 0.2) is 9.84 Å². The number of rotatable bonds is 4. The molecule has 6 nitrogen and oxygen atoms in total. The minimum absolute atomic E-state index is 0.0342. The molecule has 0 aromatic carbocycles. The average molecular weight is 311 g/mol. The molecule has 0 saturated carbocycles. The third-order valence-corrected chi connectivity index (χ3v) is 5.12. The Morgan fingerprint density at radius 1 is 1.38 bits per heavy atom. The van der Waals surface area contributed by atoms with Crippen molar-refractivity contribution in [2.45, 2.75) is 19.8 Å². The van der Waals surface area contributed by atoms with Gasteiger partial charge < -0.3 is 10.2 Å². The summed E-state index contributed by atoms with van der Waals surface area (Å²) < 4.78 is 23.2. The fourth-order valence-electron chi connectivity index (χ4n) is 2.23. The number of nitrogens with one attached hydrogen (secondary N) is 1. The second-order valence-corrected chi connectivity index (χ2v) is 7.46. The van der Waals surface area contributed by atoms with Gasteiger partial charge in [-0.2, -0.15) is 0 Å². The van der Waals surface area contributed by atoms with Crippen LogP contribution in [0, 0.1) is 0 Å². The minimum Gasteiger partial charge on any atom is -0.385 e. The summed E-state index contributed by atoms with van der Waals surface area (Å²) >= 11 is 0. The summed E-state index contributed by atoms with van der Waals surface area (Å²) in [6.45, 7) is 3.61. The van der Waals surface area contributed by atoms with Crippen molar-refractivity contribution in [3.05, 3.63) is 24.0 Å². The van der Waals surface area contributed by atoms with Gasteiger partial charge in [0.2, 0.25) is 0 Å². The van der Waals surface area contributed by atoms with Gasteiger partial charge in [0.05, 0.1) is 11.5 Å². The number of anilines is 1. The molecule has 1 fully saturated rings. The maximum Gasteiger partial charge on any atom is 0.272 e. The van der Waals surface area contributed by atoms with Crippen molar-refractivity contribution in [1.29, 1.82) is 0 Å². The number of aromatic nitrogens is 1. The summed E-state index contributed by atoms with van der Waals surface area (Å²) in [4.78, 5) is 18.1. The van der Waals surface area contributed by atoms with Crippen LogP contribution in [0.5, 0.6) is 0 Å². The molecule has 21 heavy (non-hydrogen) atoms. The van der Waals surface area contributed by atoms with Gasteiger partial charge >= 0.3 is 0 Å². The molecule has 116 valence electrons. The Kier molecular flexibility index (Phi) is 5.17.